The van der Waals surface area contributed by atoms with E-state index >= 15 is 0 Å². The van der Waals surface area contributed by atoms with Crippen LogP contribution >= 0.6 is 0 Å². The van der Waals surface area contributed by atoms with Crippen LogP contribution in [0, 0.1) is 5.82 Å². The molecule has 3 heteroatoms. The van der Waals surface area contributed by atoms with Gasteiger partial charge in [-0.15, -0.1) is 0 Å². The molecular weight excluding hydrogens is 171 g/mol. The van der Waals surface area contributed by atoms with Crippen LogP contribution in [0.1, 0.15) is 13.8 Å². The van der Waals surface area contributed by atoms with Gasteiger partial charge in [0.1, 0.15) is 0 Å². The van der Waals surface area contributed by atoms with Gasteiger partial charge in [0, 0.05) is 0 Å². The number of benzene rings is 1. The zero-order chi connectivity index (χ0) is 9.84. The van der Waals surface area contributed by atoms with Gasteiger partial charge in [-0.3, -0.25) is 4.79 Å². The summed E-state index contributed by atoms with van der Waals surface area (Å²) in [5, 5.41) is 0. The second-order valence-electron chi connectivity index (χ2n) is 2.80. The second kappa shape index (κ2) is 4.03. The van der Waals surface area contributed by atoms with Crippen LogP contribution in [0.15, 0.2) is 24.3 Å². The van der Waals surface area contributed by atoms with Gasteiger partial charge < -0.3 is 4.74 Å². The zero-order valence-electron chi connectivity index (χ0n) is 7.58. The summed E-state index contributed by atoms with van der Waals surface area (Å²) in [5.41, 5.74) is 0. The number of carbonyl (C=O) groups is 1. The molecule has 1 atom stereocenters. The predicted octanol–water partition coefficient (Wildman–Crippen LogP) is 2.18. The number of ketones is 1. The number of hydrogen-bond acceptors (Lipinski definition) is 2. The van der Waals surface area contributed by atoms with Crippen molar-refractivity contribution in [2.75, 3.05) is 0 Å². The molecule has 0 bridgehead atoms. The van der Waals surface area contributed by atoms with Crippen molar-refractivity contribution in [2.45, 2.75) is 20.0 Å². The first-order chi connectivity index (χ1) is 6.11. The Balaban J connectivity index is 2.74. The van der Waals surface area contributed by atoms with E-state index in [-0.39, 0.29) is 11.5 Å². The molecule has 70 valence electrons. The van der Waals surface area contributed by atoms with Crippen LogP contribution in [-0.4, -0.2) is 11.9 Å². The summed E-state index contributed by atoms with van der Waals surface area (Å²) in [5.74, 6) is -0.455. The lowest BCUT2D eigenvalue weighted by Gasteiger charge is -2.11. The van der Waals surface area contributed by atoms with Crippen LogP contribution in [0.2, 0.25) is 0 Å². The first kappa shape index (κ1) is 9.71. The van der Waals surface area contributed by atoms with E-state index in [2.05, 4.69) is 0 Å². The summed E-state index contributed by atoms with van der Waals surface area (Å²) >= 11 is 0. The maximum Gasteiger partial charge on any atom is 0.169 e. The Hall–Kier alpha value is -1.38. The molecule has 0 N–H and O–H groups in total. The van der Waals surface area contributed by atoms with Gasteiger partial charge in [-0.05, 0) is 26.0 Å². The monoisotopic (exact) mass is 182 g/mol. The van der Waals surface area contributed by atoms with E-state index in [0.29, 0.717) is 0 Å². The molecule has 0 aromatic heterocycles. The average molecular weight is 182 g/mol. The molecule has 0 aliphatic heterocycles. The van der Waals surface area contributed by atoms with E-state index in [1.807, 2.05) is 0 Å². The minimum atomic E-state index is -0.600. The Morgan fingerprint density at radius 3 is 2.62 bits per heavy atom. The van der Waals surface area contributed by atoms with Crippen molar-refractivity contribution in [1.82, 2.24) is 0 Å². The minimum absolute atomic E-state index is 0.116. The molecule has 0 aliphatic carbocycles. The summed E-state index contributed by atoms with van der Waals surface area (Å²) in [6, 6.07) is 6.02. The lowest BCUT2D eigenvalue weighted by Crippen LogP contribution is -2.21. The zero-order valence-corrected chi connectivity index (χ0v) is 7.58. The molecule has 0 radical (unpaired) electrons. The van der Waals surface area contributed by atoms with E-state index in [0.717, 1.165) is 0 Å². The van der Waals surface area contributed by atoms with Crippen LogP contribution in [0.3, 0.4) is 0 Å². The second-order valence-corrected chi connectivity index (χ2v) is 2.80. The highest BCUT2D eigenvalue weighted by molar-refractivity contribution is 5.80. The smallest absolute Gasteiger partial charge is 0.169 e. The first-order valence-corrected chi connectivity index (χ1v) is 4.03. The standard InChI is InChI=1S/C10H11FO2/c1-7(12)8(2)13-10-6-4-3-5-9(10)11/h3-6,8H,1-2H3. The van der Waals surface area contributed by atoms with E-state index in [9.17, 15) is 9.18 Å². The number of Topliss-reactive ketones (excluding diaryl/α,β-unsaturated/α-hetero) is 1. The van der Waals surface area contributed by atoms with E-state index in [1.165, 1.54) is 19.1 Å². The van der Waals surface area contributed by atoms with E-state index in [4.69, 9.17) is 4.74 Å². The molecule has 1 rings (SSSR count). The van der Waals surface area contributed by atoms with Crippen LogP contribution in [0.4, 0.5) is 4.39 Å². The third kappa shape index (κ3) is 2.54. The maximum absolute atomic E-state index is 13.0. The van der Waals surface area contributed by atoms with E-state index < -0.39 is 11.9 Å². The van der Waals surface area contributed by atoms with Crippen molar-refractivity contribution < 1.29 is 13.9 Å². The van der Waals surface area contributed by atoms with Gasteiger partial charge in [0.2, 0.25) is 0 Å². The SMILES string of the molecule is CC(=O)C(C)Oc1ccccc1F. The Kier molecular flexibility index (Phi) is 3.01. The summed E-state index contributed by atoms with van der Waals surface area (Å²) in [6.45, 7) is 3.00. The molecule has 0 spiro atoms. The van der Waals surface area contributed by atoms with Crippen LogP contribution in [0.25, 0.3) is 0 Å². The third-order valence-electron chi connectivity index (χ3n) is 1.71. The lowest BCUT2D eigenvalue weighted by molar-refractivity contribution is -0.122. The molecule has 0 saturated heterocycles. The highest BCUT2D eigenvalue weighted by Crippen LogP contribution is 2.16. The predicted molar refractivity (Wildman–Crippen MR) is 47.2 cm³/mol. The maximum atomic E-state index is 13.0. The Bertz CT molecular complexity index is 310. The van der Waals surface area contributed by atoms with Crippen molar-refractivity contribution in [3.63, 3.8) is 0 Å². The van der Waals surface area contributed by atoms with Crippen molar-refractivity contribution in [3.8, 4) is 5.75 Å². The molecule has 2 nitrogen and oxygen atoms in total. The topological polar surface area (TPSA) is 26.3 Å². The van der Waals surface area contributed by atoms with Gasteiger partial charge in [0.25, 0.3) is 0 Å². The number of halogens is 1. The van der Waals surface area contributed by atoms with E-state index in [1.54, 1.807) is 19.1 Å². The fraction of sp³-hybridized carbons (Fsp3) is 0.300. The molecule has 13 heavy (non-hydrogen) atoms. The van der Waals surface area contributed by atoms with Gasteiger partial charge in [-0.25, -0.2) is 4.39 Å². The number of carbonyl (C=O) groups excluding carboxylic acids is 1. The molecule has 0 amide bonds. The molecule has 0 aliphatic rings. The van der Waals surface area contributed by atoms with Gasteiger partial charge in [0.05, 0.1) is 0 Å². The fourth-order valence-electron chi connectivity index (χ4n) is 0.814. The first-order valence-electron chi connectivity index (χ1n) is 4.03. The number of para-hydroxylation sites is 1. The van der Waals surface area contributed by atoms with Gasteiger partial charge >= 0.3 is 0 Å². The van der Waals surface area contributed by atoms with Crippen LogP contribution < -0.4 is 4.74 Å². The van der Waals surface area contributed by atoms with Crippen molar-refractivity contribution in [2.24, 2.45) is 0 Å². The highest BCUT2D eigenvalue weighted by atomic mass is 19.1. The molecule has 1 aromatic rings. The summed E-state index contributed by atoms with van der Waals surface area (Å²) in [6.07, 6.45) is -0.600. The highest BCUT2D eigenvalue weighted by Gasteiger charge is 2.11. The minimum Gasteiger partial charge on any atom is -0.480 e. The van der Waals surface area contributed by atoms with Gasteiger partial charge in [-0.1, -0.05) is 12.1 Å². The van der Waals surface area contributed by atoms with Crippen molar-refractivity contribution in [3.05, 3.63) is 30.1 Å². The van der Waals surface area contributed by atoms with Crippen molar-refractivity contribution in [1.29, 1.82) is 0 Å². The molecule has 0 heterocycles. The fourth-order valence-corrected chi connectivity index (χ4v) is 0.814. The molecule has 0 fully saturated rings. The Morgan fingerprint density at radius 1 is 1.46 bits per heavy atom. The lowest BCUT2D eigenvalue weighted by atomic mass is 10.3. The largest absolute Gasteiger partial charge is 0.480 e. The van der Waals surface area contributed by atoms with Gasteiger partial charge in [-0.2, -0.15) is 0 Å². The molecular formula is C10H11FO2. The van der Waals surface area contributed by atoms with Gasteiger partial charge in [0.15, 0.2) is 23.5 Å². The molecule has 1 aromatic carbocycles. The van der Waals surface area contributed by atoms with Crippen LogP contribution in [0.5, 0.6) is 5.75 Å². The Morgan fingerprint density at radius 2 is 2.08 bits per heavy atom. The number of ether oxygens (including phenoxy) is 1. The van der Waals surface area contributed by atoms with Crippen molar-refractivity contribution >= 4 is 5.78 Å². The Labute approximate surface area is 76.3 Å². The summed E-state index contributed by atoms with van der Waals surface area (Å²) in [4.78, 5) is 10.8. The summed E-state index contributed by atoms with van der Waals surface area (Å²) < 4.78 is 18.1. The average Bonchev–Trinajstić information content (AvgIpc) is 2.08. The summed E-state index contributed by atoms with van der Waals surface area (Å²) in [7, 11) is 0. The number of hydrogen-bond donors (Lipinski definition) is 0. The number of rotatable bonds is 3. The normalized spacial score (nSPS) is 12.2. The van der Waals surface area contributed by atoms with Crippen LogP contribution in [-0.2, 0) is 4.79 Å². The molecule has 1 unspecified atom stereocenters. The molecule has 0 saturated carbocycles. The third-order valence-corrected chi connectivity index (χ3v) is 1.71. The quantitative estimate of drug-likeness (QED) is 0.716.